The maximum Gasteiger partial charge on any atom is 0.191 e. The van der Waals surface area contributed by atoms with E-state index in [9.17, 15) is 4.39 Å². The van der Waals surface area contributed by atoms with Crippen LogP contribution in [0.1, 0.15) is 30.4 Å². The van der Waals surface area contributed by atoms with E-state index in [4.69, 9.17) is 0 Å². The number of guanidine groups is 1. The summed E-state index contributed by atoms with van der Waals surface area (Å²) in [4.78, 5) is 4.29. The number of benzene rings is 1. The molecule has 3 nitrogen and oxygen atoms in total. The van der Waals surface area contributed by atoms with Crippen LogP contribution in [-0.4, -0.2) is 19.6 Å². The normalized spacial score (nSPS) is 16.0. The Morgan fingerprint density at radius 1 is 1.21 bits per heavy atom. The van der Waals surface area contributed by atoms with Crippen LogP contribution in [0, 0.1) is 5.82 Å². The lowest BCUT2D eigenvalue weighted by Crippen LogP contribution is -2.48. The van der Waals surface area contributed by atoms with Crippen molar-refractivity contribution in [3.8, 4) is 0 Å². The molecule has 1 aromatic carbocycles. The summed E-state index contributed by atoms with van der Waals surface area (Å²) in [5.74, 6) is 0.633. The molecule has 0 aliphatic heterocycles. The molecule has 1 aliphatic carbocycles. The van der Waals surface area contributed by atoms with E-state index in [1.165, 1.54) is 17.5 Å². The van der Waals surface area contributed by atoms with Gasteiger partial charge in [0.25, 0.3) is 0 Å². The quantitative estimate of drug-likeness (QED) is 0.398. The van der Waals surface area contributed by atoms with Gasteiger partial charge in [0.05, 0.1) is 0 Å². The van der Waals surface area contributed by atoms with Crippen LogP contribution >= 0.6 is 35.3 Å². The number of halogens is 2. The van der Waals surface area contributed by atoms with E-state index in [-0.39, 0.29) is 35.2 Å². The van der Waals surface area contributed by atoms with Crippen LogP contribution in [0.3, 0.4) is 0 Å². The third-order valence-electron chi connectivity index (χ3n) is 4.63. The molecule has 6 heteroatoms. The Morgan fingerprint density at radius 3 is 2.50 bits per heavy atom. The predicted molar refractivity (Wildman–Crippen MR) is 110 cm³/mol. The SMILES string of the molecule is CN=C(NCc1ccsc1)NCC1(c2ccc(F)cc2)CCC1.I. The average molecular weight is 459 g/mol. The van der Waals surface area contributed by atoms with Gasteiger partial charge < -0.3 is 10.6 Å². The van der Waals surface area contributed by atoms with Crippen LogP contribution in [0.15, 0.2) is 46.1 Å². The molecule has 1 aliphatic rings. The third kappa shape index (κ3) is 4.47. The summed E-state index contributed by atoms with van der Waals surface area (Å²) >= 11 is 1.70. The number of aliphatic imine (C=N–C) groups is 1. The highest BCUT2D eigenvalue weighted by molar-refractivity contribution is 14.0. The monoisotopic (exact) mass is 459 g/mol. The first-order chi connectivity index (χ1) is 11.2. The topological polar surface area (TPSA) is 36.4 Å². The summed E-state index contributed by atoms with van der Waals surface area (Å²) in [5, 5.41) is 11.0. The zero-order valence-electron chi connectivity index (χ0n) is 13.7. The number of nitrogens with zero attached hydrogens (tertiary/aromatic N) is 1. The highest BCUT2D eigenvalue weighted by Gasteiger charge is 2.38. The number of thiophene rings is 1. The molecular weight excluding hydrogens is 436 g/mol. The van der Waals surface area contributed by atoms with Crippen LogP contribution in [0.4, 0.5) is 4.39 Å². The zero-order chi connectivity index (χ0) is 16.1. The third-order valence-corrected chi connectivity index (χ3v) is 5.36. The minimum absolute atomic E-state index is 0. The van der Waals surface area contributed by atoms with E-state index in [2.05, 4.69) is 32.5 Å². The van der Waals surface area contributed by atoms with Crippen LogP contribution in [0.2, 0.25) is 0 Å². The van der Waals surface area contributed by atoms with Gasteiger partial charge in [-0.05, 0) is 52.9 Å². The van der Waals surface area contributed by atoms with Gasteiger partial charge in [-0.25, -0.2) is 4.39 Å². The molecule has 0 spiro atoms. The Balaban J connectivity index is 0.00000208. The van der Waals surface area contributed by atoms with E-state index in [0.717, 1.165) is 31.9 Å². The molecule has 24 heavy (non-hydrogen) atoms. The first-order valence-corrected chi connectivity index (χ1v) is 8.88. The average Bonchev–Trinajstić information content (AvgIpc) is 3.04. The minimum Gasteiger partial charge on any atom is -0.356 e. The Morgan fingerprint density at radius 2 is 1.96 bits per heavy atom. The van der Waals surface area contributed by atoms with Crippen LogP contribution < -0.4 is 10.6 Å². The second-order valence-corrected chi connectivity index (χ2v) is 6.83. The standard InChI is InChI=1S/C18H22FN3S.HI/c1-20-17(21-11-14-7-10-23-12-14)22-13-18(8-2-9-18)15-3-5-16(19)6-4-15;/h3-7,10,12H,2,8-9,11,13H2,1H3,(H2,20,21,22);1H. The molecular formula is C18H23FIN3S. The fourth-order valence-electron chi connectivity index (χ4n) is 3.03. The van der Waals surface area contributed by atoms with Crippen molar-refractivity contribution in [2.24, 2.45) is 4.99 Å². The fraction of sp³-hybridized carbons (Fsp3) is 0.389. The molecule has 130 valence electrons. The smallest absolute Gasteiger partial charge is 0.191 e. The van der Waals surface area contributed by atoms with E-state index in [1.54, 1.807) is 30.5 Å². The first-order valence-electron chi connectivity index (χ1n) is 7.93. The first kappa shape index (κ1) is 19.2. The summed E-state index contributed by atoms with van der Waals surface area (Å²) in [6.45, 7) is 1.59. The highest BCUT2D eigenvalue weighted by atomic mass is 127. The van der Waals surface area contributed by atoms with Crippen LogP contribution in [0.25, 0.3) is 0 Å². The Bertz CT molecular complexity index is 651. The van der Waals surface area contributed by atoms with Gasteiger partial charge in [0.1, 0.15) is 5.82 Å². The maximum atomic E-state index is 13.2. The number of hydrogen-bond donors (Lipinski definition) is 2. The van der Waals surface area contributed by atoms with E-state index >= 15 is 0 Å². The number of hydrogen-bond acceptors (Lipinski definition) is 2. The minimum atomic E-state index is -0.176. The van der Waals surface area contributed by atoms with Gasteiger partial charge in [0.15, 0.2) is 5.96 Å². The largest absolute Gasteiger partial charge is 0.356 e. The molecule has 1 heterocycles. The summed E-state index contributed by atoms with van der Waals surface area (Å²) in [6.07, 6.45) is 3.49. The van der Waals surface area contributed by atoms with Crippen molar-refractivity contribution in [1.29, 1.82) is 0 Å². The molecule has 1 fully saturated rings. The Hall–Kier alpha value is -1.15. The highest BCUT2D eigenvalue weighted by Crippen LogP contribution is 2.43. The van der Waals surface area contributed by atoms with Crippen molar-refractivity contribution < 1.29 is 4.39 Å². The lowest BCUT2D eigenvalue weighted by Gasteiger charge is -2.43. The van der Waals surface area contributed by atoms with Crippen molar-refractivity contribution in [1.82, 2.24) is 10.6 Å². The number of rotatable bonds is 5. The summed E-state index contributed by atoms with van der Waals surface area (Å²) < 4.78 is 13.2. The molecule has 2 N–H and O–H groups in total. The molecule has 3 rings (SSSR count). The van der Waals surface area contributed by atoms with Crippen molar-refractivity contribution in [3.63, 3.8) is 0 Å². The predicted octanol–water partition coefficient (Wildman–Crippen LogP) is 4.29. The molecule has 0 amide bonds. The Kier molecular flexibility index (Phi) is 7.03. The molecule has 0 saturated heterocycles. The van der Waals surface area contributed by atoms with Crippen molar-refractivity contribution in [2.45, 2.75) is 31.2 Å². The molecule has 0 bridgehead atoms. The van der Waals surface area contributed by atoms with Gasteiger partial charge in [-0.1, -0.05) is 18.6 Å². The molecule has 1 aromatic heterocycles. The zero-order valence-corrected chi connectivity index (χ0v) is 16.9. The maximum absolute atomic E-state index is 13.2. The van der Waals surface area contributed by atoms with Gasteiger partial charge in [0.2, 0.25) is 0 Å². The Labute approximate surface area is 163 Å². The molecule has 0 radical (unpaired) electrons. The van der Waals surface area contributed by atoms with Crippen LogP contribution in [0.5, 0.6) is 0 Å². The van der Waals surface area contributed by atoms with E-state index in [0.29, 0.717) is 0 Å². The lowest BCUT2D eigenvalue weighted by atomic mass is 9.64. The molecule has 0 unspecified atom stereocenters. The van der Waals surface area contributed by atoms with E-state index < -0.39 is 0 Å². The van der Waals surface area contributed by atoms with Gasteiger partial charge >= 0.3 is 0 Å². The summed E-state index contributed by atoms with van der Waals surface area (Å²) in [5.41, 5.74) is 2.58. The molecule has 1 saturated carbocycles. The van der Waals surface area contributed by atoms with Crippen molar-refractivity contribution in [3.05, 3.63) is 58.0 Å². The second-order valence-electron chi connectivity index (χ2n) is 6.05. The van der Waals surface area contributed by atoms with Gasteiger partial charge in [-0.2, -0.15) is 11.3 Å². The lowest BCUT2D eigenvalue weighted by molar-refractivity contribution is 0.243. The molecule has 2 aromatic rings. The van der Waals surface area contributed by atoms with Crippen molar-refractivity contribution in [2.75, 3.05) is 13.6 Å². The second kappa shape index (κ2) is 8.80. The number of nitrogens with one attached hydrogen (secondary N) is 2. The van der Waals surface area contributed by atoms with Gasteiger partial charge in [-0.3, -0.25) is 4.99 Å². The van der Waals surface area contributed by atoms with E-state index in [1.807, 2.05) is 12.1 Å². The van der Waals surface area contributed by atoms with Crippen molar-refractivity contribution >= 4 is 41.3 Å². The van der Waals surface area contributed by atoms with Gasteiger partial charge in [0, 0.05) is 25.6 Å². The van der Waals surface area contributed by atoms with Crippen LogP contribution in [-0.2, 0) is 12.0 Å². The molecule has 0 atom stereocenters. The fourth-order valence-corrected chi connectivity index (χ4v) is 3.70. The summed E-state index contributed by atoms with van der Waals surface area (Å²) in [7, 11) is 1.79. The van der Waals surface area contributed by atoms with Gasteiger partial charge in [-0.15, -0.1) is 24.0 Å². The summed E-state index contributed by atoms with van der Waals surface area (Å²) in [6, 6.07) is 9.05.